The van der Waals surface area contributed by atoms with Gasteiger partial charge in [0.1, 0.15) is 17.7 Å². The van der Waals surface area contributed by atoms with E-state index in [4.69, 9.17) is 4.74 Å². The van der Waals surface area contributed by atoms with Gasteiger partial charge in [-0.1, -0.05) is 33.3 Å². The van der Waals surface area contributed by atoms with Crippen molar-refractivity contribution in [2.45, 2.75) is 90.8 Å². The molecule has 8 nitrogen and oxygen atoms in total. The van der Waals surface area contributed by atoms with Gasteiger partial charge in [-0.15, -0.1) is 0 Å². The molecule has 8 heteroatoms. The lowest BCUT2D eigenvalue weighted by Gasteiger charge is -2.42. The second kappa shape index (κ2) is 9.84. The smallest absolute Gasteiger partial charge is 0.329 e. The van der Waals surface area contributed by atoms with Crippen molar-refractivity contribution in [1.82, 2.24) is 10.2 Å². The summed E-state index contributed by atoms with van der Waals surface area (Å²) in [4.78, 5) is 40.3. The number of amides is 2. The van der Waals surface area contributed by atoms with E-state index in [2.05, 4.69) is 26.1 Å². The molecule has 1 aromatic rings. The molecule has 2 amide bonds. The van der Waals surface area contributed by atoms with Crippen LogP contribution in [0.25, 0.3) is 0 Å². The van der Waals surface area contributed by atoms with Crippen LogP contribution in [0.3, 0.4) is 0 Å². The summed E-state index contributed by atoms with van der Waals surface area (Å²) >= 11 is 0. The fourth-order valence-electron chi connectivity index (χ4n) is 5.49. The van der Waals surface area contributed by atoms with E-state index in [9.17, 15) is 24.6 Å². The largest absolute Gasteiger partial charge is 0.504 e. The number of benzene rings is 1. The fraction of sp³-hybridized carbons (Fsp3) is 0.654. The number of nitrogens with zero attached hydrogens (tertiary/aromatic N) is 1. The lowest BCUT2D eigenvalue weighted by Crippen LogP contribution is -2.53. The molecule has 0 spiro atoms. The van der Waals surface area contributed by atoms with Crippen LogP contribution >= 0.6 is 0 Å². The first kappa shape index (κ1) is 25.8. The molecule has 4 unspecified atom stereocenters. The number of nitrogens with one attached hydrogen (secondary N) is 1. The molecule has 34 heavy (non-hydrogen) atoms. The molecule has 2 fully saturated rings. The summed E-state index contributed by atoms with van der Waals surface area (Å²) in [5.41, 5.74) is -0.209. The molecule has 188 valence electrons. The minimum Gasteiger partial charge on any atom is -0.504 e. The van der Waals surface area contributed by atoms with Crippen LogP contribution in [0.2, 0.25) is 0 Å². The van der Waals surface area contributed by atoms with E-state index in [1.54, 1.807) is 6.92 Å². The van der Waals surface area contributed by atoms with Crippen molar-refractivity contribution in [3.05, 3.63) is 23.8 Å². The Morgan fingerprint density at radius 2 is 1.88 bits per heavy atom. The highest BCUT2D eigenvalue weighted by atomic mass is 16.6. The van der Waals surface area contributed by atoms with Crippen LogP contribution in [0, 0.1) is 11.3 Å². The minimum absolute atomic E-state index is 0.0526. The molecule has 4 atom stereocenters. The summed E-state index contributed by atoms with van der Waals surface area (Å²) in [6.07, 6.45) is 4.06. The first-order valence-corrected chi connectivity index (χ1v) is 12.2. The van der Waals surface area contributed by atoms with Crippen LogP contribution in [0.1, 0.15) is 72.3 Å². The van der Waals surface area contributed by atoms with Crippen molar-refractivity contribution in [3.8, 4) is 11.5 Å². The van der Waals surface area contributed by atoms with Gasteiger partial charge in [0.05, 0.1) is 6.42 Å². The topological polar surface area (TPSA) is 116 Å². The van der Waals surface area contributed by atoms with Crippen LogP contribution in [-0.2, 0) is 25.5 Å². The van der Waals surface area contributed by atoms with Crippen molar-refractivity contribution in [2.24, 2.45) is 11.3 Å². The Morgan fingerprint density at radius 3 is 2.50 bits per heavy atom. The van der Waals surface area contributed by atoms with Crippen molar-refractivity contribution in [1.29, 1.82) is 0 Å². The second-order valence-electron chi connectivity index (χ2n) is 10.5. The van der Waals surface area contributed by atoms with Gasteiger partial charge in [0, 0.05) is 12.0 Å². The Balaban J connectivity index is 1.61. The second-order valence-corrected chi connectivity index (χ2v) is 10.5. The van der Waals surface area contributed by atoms with Gasteiger partial charge in [-0.05, 0) is 63.1 Å². The first-order chi connectivity index (χ1) is 15.9. The first-order valence-electron chi connectivity index (χ1n) is 12.2. The van der Waals surface area contributed by atoms with Gasteiger partial charge in [0.15, 0.2) is 11.5 Å². The lowest BCUT2D eigenvalue weighted by atomic mass is 9.72. The van der Waals surface area contributed by atoms with E-state index < -0.39 is 23.6 Å². The molecule has 1 aromatic carbocycles. The van der Waals surface area contributed by atoms with Gasteiger partial charge in [-0.3, -0.25) is 9.59 Å². The zero-order valence-corrected chi connectivity index (χ0v) is 20.9. The Morgan fingerprint density at radius 1 is 1.18 bits per heavy atom. The Hall–Kier alpha value is -2.77. The third kappa shape index (κ3) is 5.00. The maximum absolute atomic E-state index is 13.2. The zero-order valence-electron chi connectivity index (χ0n) is 20.9. The molecule has 1 heterocycles. The van der Waals surface area contributed by atoms with E-state index in [1.165, 1.54) is 23.1 Å². The summed E-state index contributed by atoms with van der Waals surface area (Å²) in [5.74, 6) is -1.16. The maximum atomic E-state index is 13.2. The summed E-state index contributed by atoms with van der Waals surface area (Å²) in [7, 11) is 0. The van der Waals surface area contributed by atoms with E-state index >= 15 is 0 Å². The molecule has 0 bridgehead atoms. The molecular formula is C26H38N2O6. The van der Waals surface area contributed by atoms with Gasteiger partial charge >= 0.3 is 5.97 Å². The number of esters is 1. The standard InChI is InChI=1S/C26H38N2O6/c1-6-18-11-12-26(5,25(18,3)4)34-24(33)19-8-7-13-28(19)23(32)16(2)27-22(31)15-17-9-10-20(29)21(30)14-17/h9-10,14,16,18-19,29-30H,6-8,11-13,15H2,1-5H3,(H,27,31). The highest BCUT2D eigenvalue weighted by molar-refractivity contribution is 5.91. The Bertz CT molecular complexity index is 945. The van der Waals surface area contributed by atoms with Crippen molar-refractivity contribution in [3.63, 3.8) is 0 Å². The van der Waals surface area contributed by atoms with E-state index in [1.807, 2.05) is 6.92 Å². The summed E-state index contributed by atoms with van der Waals surface area (Å²) < 4.78 is 6.11. The van der Waals surface area contributed by atoms with Crippen molar-refractivity contribution >= 4 is 17.8 Å². The SMILES string of the molecule is CCC1CCC(C)(OC(=O)C2CCCN2C(=O)C(C)NC(=O)Cc2ccc(O)c(O)c2)C1(C)C. The number of carbonyl (C=O) groups is 3. The minimum atomic E-state index is -0.811. The normalized spacial score (nSPS) is 26.8. The number of hydrogen-bond donors (Lipinski definition) is 3. The number of likely N-dealkylation sites (tertiary alicyclic amines) is 1. The zero-order chi connectivity index (χ0) is 25.3. The van der Waals surface area contributed by atoms with Crippen LogP contribution in [0.5, 0.6) is 11.5 Å². The Labute approximate surface area is 201 Å². The molecule has 1 saturated carbocycles. The average molecular weight is 475 g/mol. The maximum Gasteiger partial charge on any atom is 0.329 e. The van der Waals surface area contributed by atoms with Gasteiger partial charge in [-0.25, -0.2) is 4.79 Å². The third-order valence-corrected chi connectivity index (χ3v) is 8.13. The molecule has 0 radical (unpaired) electrons. The highest BCUT2D eigenvalue weighted by Crippen LogP contribution is 2.53. The molecule has 1 saturated heterocycles. The highest BCUT2D eigenvalue weighted by Gasteiger charge is 2.54. The molecule has 1 aliphatic heterocycles. The summed E-state index contributed by atoms with van der Waals surface area (Å²) in [6.45, 7) is 10.5. The van der Waals surface area contributed by atoms with E-state index in [0.29, 0.717) is 30.9 Å². The Kier molecular flexibility index (Phi) is 7.48. The van der Waals surface area contributed by atoms with Crippen molar-refractivity contribution in [2.75, 3.05) is 6.54 Å². The number of phenolic OH excluding ortho intramolecular Hbond substituents is 2. The summed E-state index contributed by atoms with van der Waals surface area (Å²) in [6, 6.07) is 2.69. The lowest BCUT2D eigenvalue weighted by molar-refractivity contribution is -0.176. The summed E-state index contributed by atoms with van der Waals surface area (Å²) in [5, 5.41) is 21.7. The molecule has 1 aliphatic carbocycles. The van der Waals surface area contributed by atoms with Crippen LogP contribution in [0.15, 0.2) is 18.2 Å². The number of aromatic hydroxyl groups is 2. The van der Waals surface area contributed by atoms with Gasteiger partial charge < -0.3 is 25.2 Å². The molecule has 0 aromatic heterocycles. The number of phenols is 2. The van der Waals surface area contributed by atoms with Crippen molar-refractivity contribution < 1.29 is 29.3 Å². The average Bonchev–Trinajstić information content (AvgIpc) is 3.33. The third-order valence-electron chi connectivity index (χ3n) is 8.13. The van der Waals surface area contributed by atoms with E-state index in [-0.39, 0.29) is 35.2 Å². The fourth-order valence-corrected chi connectivity index (χ4v) is 5.49. The molecule has 3 N–H and O–H groups in total. The van der Waals surface area contributed by atoms with Crippen LogP contribution < -0.4 is 5.32 Å². The van der Waals surface area contributed by atoms with E-state index in [0.717, 1.165) is 19.3 Å². The van der Waals surface area contributed by atoms with Gasteiger partial charge in [0.2, 0.25) is 11.8 Å². The van der Waals surface area contributed by atoms with Crippen LogP contribution in [0.4, 0.5) is 0 Å². The number of ether oxygens (including phenoxy) is 1. The van der Waals surface area contributed by atoms with Gasteiger partial charge in [-0.2, -0.15) is 0 Å². The quantitative estimate of drug-likeness (QED) is 0.413. The predicted octanol–water partition coefficient (Wildman–Crippen LogP) is 3.28. The predicted molar refractivity (Wildman–Crippen MR) is 127 cm³/mol. The molecular weight excluding hydrogens is 436 g/mol. The number of hydrogen-bond acceptors (Lipinski definition) is 6. The number of carbonyl (C=O) groups excluding carboxylic acids is 3. The number of rotatable bonds is 7. The molecule has 3 rings (SSSR count). The molecule has 2 aliphatic rings. The monoisotopic (exact) mass is 474 g/mol. The van der Waals surface area contributed by atoms with Gasteiger partial charge in [0.25, 0.3) is 0 Å². The van der Waals surface area contributed by atoms with Crippen LogP contribution in [-0.4, -0.2) is 57.1 Å².